The van der Waals surface area contributed by atoms with Crippen molar-refractivity contribution in [2.24, 2.45) is 0 Å². The predicted octanol–water partition coefficient (Wildman–Crippen LogP) is 3.15. The monoisotopic (exact) mass is 362 g/mol. The molecule has 0 saturated carbocycles. The second-order valence-electron chi connectivity index (χ2n) is 6.49. The number of aromatic nitrogens is 2. The van der Waals surface area contributed by atoms with Gasteiger partial charge in [0, 0.05) is 42.9 Å². The Labute approximate surface area is 156 Å². The number of nitrogens with one attached hydrogen (secondary N) is 1. The lowest BCUT2D eigenvalue weighted by Gasteiger charge is -2.17. The number of carbonyl (C=O) groups excluding carboxylic acids is 2. The average molecular weight is 362 g/mol. The third kappa shape index (κ3) is 3.57. The molecule has 27 heavy (non-hydrogen) atoms. The highest BCUT2D eigenvalue weighted by atomic mass is 16.5. The van der Waals surface area contributed by atoms with Crippen LogP contribution in [0.15, 0.2) is 59.3 Å². The topological polar surface area (TPSA) is 88.3 Å². The Morgan fingerprint density at radius 3 is 2.78 bits per heavy atom. The van der Waals surface area contributed by atoms with E-state index in [-0.39, 0.29) is 17.5 Å². The smallest absolute Gasteiger partial charge is 0.279 e. The van der Waals surface area contributed by atoms with Crippen molar-refractivity contribution in [3.05, 3.63) is 71.7 Å². The molecule has 1 aliphatic rings. The lowest BCUT2D eigenvalue weighted by molar-refractivity contribution is -0.117. The van der Waals surface area contributed by atoms with Crippen LogP contribution >= 0.6 is 0 Å². The molecule has 1 N–H and O–H groups in total. The molecular formula is C20H18N4O3. The molecule has 0 bridgehead atoms. The van der Waals surface area contributed by atoms with E-state index >= 15 is 0 Å². The van der Waals surface area contributed by atoms with Crippen LogP contribution in [0.2, 0.25) is 0 Å². The Bertz CT molecular complexity index is 984. The number of rotatable bonds is 4. The first-order valence-corrected chi connectivity index (χ1v) is 8.66. The maximum atomic E-state index is 12.5. The Kier molecular flexibility index (Phi) is 4.42. The van der Waals surface area contributed by atoms with E-state index in [1.54, 1.807) is 36.2 Å². The summed E-state index contributed by atoms with van der Waals surface area (Å²) in [6, 6.07) is 15.0. The summed E-state index contributed by atoms with van der Waals surface area (Å²) in [6.07, 6.45) is 2.04. The molecule has 1 atom stereocenters. The quantitative estimate of drug-likeness (QED) is 0.770. The number of carbonyl (C=O) groups is 2. The fourth-order valence-electron chi connectivity index (χ4n) is 3.22. The van der Waals surface area contributed by atoms with Crippen molar-refractivity contribution in [3.63, 3.8) is 0 Å². The third-order valence-electron chi connectivity index (χ3n) is 4.55. The molecule has 1 unspecified atom stereocenters. The van der Waals surface area contributed by atoms with Gasteiger partial charge in [0.05, 0.1) is 0 Å². The summed E-state index contributed by atoms with van der Waals surface area (Å²) < 4.78 is 4.91. The zero-order chi connectivity index (χ0) is 18.8. The number of anilines is 2. The van der Waals surface area contributed by atoms with Crippen LogP contribution < -0.4 is 10.2 Å². The molecule has 4 rings (SSSR count). The summed E-state index contributed by atoms with van der Waals surface area (Å²) in [4.78, 5) is 30.6. The van der Waals surface area contributed by atoms with E-state index in [0.717, 1.165) is 5.56 Å². The second-order valence-corrected chi connectivity index (χ2v) is 6.49. The molecule has 3 aromatic rings. The molecule has 7 nitrogen and oxygen atoms in total. The van der Waals surface area contributed by atoms with E-state index in [9.17, 15) is 9.59 Å². The minimum absolute atomic E-state index is 0.0551. The summed E-state index contributed by atoms with van der Waals surface area (Å²) in [7, 11) is 0. The van der Waals surface area contributed by atoms with Crippen molar-refractivity contribution in [2.75, 3.05) is 16.8 Å². The Hall–Kier alpha value is -3.48. The van der Waals surface area contributed by atoms with E-state index in [4.69, 9.17) is 4.52 Å². The molecule has 1 aliphatic heterocycles. The van der Waals surface area contributed by atoms with E-state index < -0.39 is 5.91 Å². The Morgan fingerprint density at radius 2 is 2.04 bits per heavy atom. The summed E-state index contributed by atoms with van der Waals surface area (Å²) in [5, 5.41) is 6.37. The number of aryl methyl sites for hydroxylation is 1. The van der Waals surface area contributed by atoms with Gasteiger partial charge >= 0.3 is 0 Å². The first kappa shape index (κ1) is 17.0. The summed E-state index contributed by atoms with van der Waals surface area (Å²) in [6.45, 7) is 2.31. The fraction of sp³-hybridized carbons (Fsp3) is 0.200. The highest BCUT2D eigenvalue weighted by Gasteiger charge is 2.31. The largest absolute Gasteiger partial charge is 0.361 e. The van der Waals surface area contributed by atoms with E-state index in [2.05, 4.69) is 15.5 Å². The van der Waals surface area contributed by atoms with Crippen molar-refractivity contribution >= 4 is 23.3 Å². The Balaban J connectivity index is 1.50. The standard InChI is InChI=1S/C20H18N4O3/c1-13-9-17(23-27-13)20(26)22-18-11-16(7-8-21-18)24-12-15(10-19(24)25)14-5-3-2-4-6-14/h2-9,11,15H,10,12H2,1H3,(H,21,22,26). The van der Waals surface area contributed by atoms with Crippen LogP contribution in [0.1, 0.15) is 34.2 Å². The van der Waals surface area contributed by atoms with Crippen molar-refractivity contribution in [1.29, 1.82) is 0 Å². The van der Waals surface area contributed by atoms with Gasteiger partial charge in [-0.3, -0.25) is 9.59 Å². The predicted molar refractivity (Wildman–Crippen MR) is 99.6 cm³/mol. The van der Waals surface area contributed by atoms with Gasteiger partial charge in [0.2, 0.25) is 5.91 Å². The number of pyridine rings is 1. The molecule has 0 spiro atoms. The SMILES string of the molecule is Cc1cc(C(=O)Nc2cc(N3CC(c4ccccc4)CC3=O)ccn2)no1. The van der Waals surface area contributed by atoms with Gasteiger partial charge in [0.25, 0.3) is 5.91 Å². The number of nitrogens with zero attached hydrogens (tertiary/aromatic N) is 3. The van der Waals surface area contributed by atoms with Gasteiger partial charge in [0.15, 0.2) is 5.69 Å². The summed E-state index contributed by atoms with van der Waals surface area (Å²) in [5.74, 6) is 0.708. The first-order chi connectivity index (χ1) is 13.1. The minimum atomic E-state index is -0.411. The van der Waals surface area contributed by atoms with E-state index in [1.807, 2.05) is 30.3 Å². The number of hydrogen-bond donors (Lipinski definition) is 1. The lowest BCUT2D eigenvalue weighted by Crippen LogP contribution is -2.24. The zero-order valence-electron chi connectivity index (χ0n) is 14.8. The van der Waals surface area contributed by atoms with Gasteiger partial charge in [-0.2, -0.15) is 0 Å². The molecule has 136 valence electrons. The van der Waals surface area contributed by atoms with E-state index in [1.165, 1.54) is 0 Å². The van der Waals surface area contributed by atoms with Crippen LogP contribution in [0.25, 0.3) is 0 Å². The lowest BCUT2D eigenvalue weighted by atomic mass is 9.99. The molecule has 2 amide bonds. The molecule has 0 aliphatic carbocycles. The molecule has 1 fully saturated rings. The van der Waals surface area contributed by atoms with E-state index in [0.29, 0.717) is 30.2 Å². The van der Waals surface area contributed by atoms with Crippen LogP contribution in [0, 0.1) is 6.92 Å². The van der Waals surface area contributed by atoms with Gasteiger partial charge in [-0.15, -0.1) is 0 Å². The summed E-state index contributed by atoms with van der Waals surface area (Å²) in [5.41, 5.74) is 2.04. The molecule has 0 radical (unpaired) electrons. The number of benzene rings is 1. The zero-order valence-corrected chi connectivity index (χ0v) is 14.8. The maximum absolute atomic E-state index is 12.5. The molecule has 1 aromatic carbocycles. The highest BCUT2D eigenvalue weighted by Crippen LogP contribution is 2.32. The molecule has 2 aromatic heterocycles. The average Bonchev–Trinajstić information content (AvgIpc) is 3.29. The first-order valence-electron chi connectivity index (χ1n) is 8.66. The third-order valence-corrected chi connectivity index (χ3v) is 4.55. The maximum Gasteiger partial charge on any atom is 0.279 e. The van der Waals surface area contributed by atoms with Gasteiger partial charge in [-0.05, 0) is 18.6 Å². The van der Waals surface area contributed by atoms with Gasteiger partial charge in [-0.25, -0.2) is 4.98 Å². The van der Waals surface area contributed by atoms with Gasteiger partial charge in [0.1, 0.15) is 11.6 Å². The van der Waals surface area contributed by atoms with Crippen molar-refractivity contribution in [1.82, 2.24) is 10.1 Å². The van der Waals surface area contributed by atoms with Crippen molar-refractivity contribution in [3.8, 4) is 0 Å². The minimum Gasteiger partial charge on any atom is -0.361 e. The van der Waals surface area contributed by atoms with Crippen LogP contribution in [0.4, 0.5) is 11.5 Å². The molecule has 1 saturated heterocycles. The van der Waals surface area contributed by atoms with Gasteiger partial charge in [-0.1, -0.05) is 35.5 Å². The van der Waals surface area contributed by atoms with Crippen molar-refractivity contribution in [2.45, 2.75) is 19.3 Å². The molecular weight excluding hydrogens is 344 g/mol. The summed E-state index contributed by atoms with van der Waals surface area (Å²) >= 11 is 0. The van der Waals surface area contributed by atoms with Gasteiger partial charge < -0.3 is 14.7 Å². The van der Waals surface area contributed by atoms with Crippen molar-refractivity contribution < 1.29 is 14.1 Å². The fourth-order valence-corrected chi connectivity index (χ4v) is 3.22. The molecule has 7 heteroatoms. The van der Waals surface area contributed by atoms with Crippen LogP contribution in [0.5, 0.6) is 0 Å². The van der Waals surface area contributed by atoms with Crippen LogP contribution in [-0.4, -0.2) is 28.5 Å². The highest BCUT2D eigenvalue weighted by molar-refractivity contribution is 6.03. The molecule has 3 heterocycles. The number of hydrogen-bond acceptors (Lipinski definition) is 5. The Morgan fingerprint density at radius 1 is 1.22 bits per heavy atom. The van der Waals surface area contributed by atoms with Crippen LogP contribution in [-0.2, 0) is 4.79 Å². The van der Waals surface area contributed by atoms with Crippen LogP contribution in [0.3, 0.4) is 0 Å². The second kappa shape index (κ2) is 7.03. The normalized spacial score (nSPS) is 16.6. The number of amides is 2.